The minimum Gasteiger partial charge on any atom is -0.349 e. The average Bonchev–Trinajstić information content (AvgIpc) is 2.41. The van der Waals surface area contributed by atoms with Gasteiger partial charge in [0.25, 0.3) is 5.91 Å². The minimum atomic E-state index is -3.37. The number of nitrogens with zero attached hydrogens (tertiary/aromatic N) is 1. The number of benzene rings is 1. The Morgan fingerprint density at radius 2 is 1.70 bits per heavy atom. The summed E-state index contributed by atoms with van der Waals surface area (Å²) in [6.45, 7) is 8.21. The van der Waals surface area contributed by atoms with E-state index in [2.05, 4.69) is 33.0 Å². The third-order valence-corrected chi connectivity index (χ3v) is 5.31. The summed E-state index contributed by atoms with van der Waals surface area (Å²) >= 11 is 6.18. The van der Waals surface area contributed by atoms with Crippen molar-refractivity contribution in [1.29, 1.82) is 0 Å². The first-order valence-corrected chi connectivity index (χ1v) is 9.72. The van der Waals surface area contributed by atoms with Crippen LogP contribution >= 0.6 is 11.6 Å². The van der Waals surface area contributed by atoms with Crippen molar-refractivity contribution < 1.29 is 13.2 Å². The van der Waals surface area contributed by atoms with Gasteiger partial charge in [-0.25, -0.2) is 8.42 Å². The Kier molecular flexibility index (Phi) is 6.48. The normalized spacial score (nSPS) is 12.1. The Balaban J connectivity index is 3.04. The molecule has 0 saturated heterocycles. The van der Waals surface area contributed by atoms with Crippen LogP contribution in [-0.4, -0.2) is 33.7 Å². The topological polar surface area (TPSA) is 66.5 Å². The molecule has 0 spiro atoms. The van der Waals surface area contributed by atoms with Gasteiger partial charge in [-0.05, 0) is 30.0 Å². The fourth-order valence-electron chi connectivity index (χ4n) is 2.41. The molecule has 1 N–H and O–H groups in total. The number of amides is 1. The van der Waals surface area contributed by atoms with Crippen LogP contribution in [0, 0.1) is 11.8 Å². The van der Waals surface area contributed by atoms with Crippen molar-refractivity contribution in [3.05, 3.63) is 28.8 Å². The summed E-state index contributed by atoms with van der Waals surface area (Å²) in [4.78, 5) is 12.4. The molecular formula is C16H25ClN2O3S. The highest BCUT2D eigenvalue weighted by Gasteiger charge is 2.22. The van der Waals surface area contributed by atoms with E-state index in [1.807, 2.05) is 0 Å². The molecule has 23 heavy (non-hydrogen) atoms. The molecule has 0 aliphatic heterocycles. The highest BCUT2D eigenvalue weighted by molar-refractivity contribution is 7.92. The van der Waals surface area contributed by atoms with E-state index in [1.54, 1.807) is 12.1 Å². The van der Waals surface area contributed by atoms with Crippen molar-refractivity contribution in [3.63, 3.8) is 0 Å². The molecule has 1 rings (SSSR count). The zero-order valence-corrected chi connectivity index (χ0v) is 16.0. The molecule has 0 aliphatic carbocycles. The molecular weight excluding hydrogens is 336 g/mol. The molecule has 0 unspecified atom stereocenters. The average molecular weight is 361 g/mol. The van der Waals surface area contributed by atoms with Crippen molar-refractivity contribution in [2.24, 2.45) is 11.8 Å². The lowest BCUT2D eigenvalue weighted by atomic mass is 9.93. The molecule has 5 nitrogen and oxygen atoms in total. The Bertz CT molecular complexity index is 664. The van der Waals surface area contributed by atoms with Crippen LogP contribution in [0.4, 0.5) is 5.69 Å². The zero-order chi connectivity index (χ0) is 17.9. The lowest BCUT2D eigenvalue weighted by Crippen LogP contribution is -2.42. The molecule has 1 aromatic rings. The quantitative estimate of drug-likeness (QED) is 0.847. The van der Waals surface area contributed by atoms with E-state index in [9.17, 15) is 13.2 Å². The number of carbonyl (C=O) groups is 1. The van der Waals surface area contributed by atoms with Crippen LogP contribution in [0.5, 0.6) is 0 Å². The van der Waals surface area contributed by atoms with Crippen LogP contribution in [0.15, 0.2) is 18.2 Å². The smallest absolute Gasteiger partial charge is 0.253 e. The Morgan fingerprint density at radius 1 is 1.17 bits per heavy atom. The summed E-state index contributed by atoms with van der Waals surface area (Å²) in [6.07, 6.45) is 1.11. The largest absolute Gasteiger partial charge is 0.349 e. The third kappa shape index (κ3) is 5.11. The molecule has 0 radical (unpaired) electrons. The van der Waals surface area contributed by atoms with E-state index >= 15 is 0 Å². The molecule has 1 amide bonds. The molecule has 0 atom stereocenters. The van der Waals surface area contributed by atoms with Crippen molar-refractivity contribution in [2.75, 3.05) is 17.6 Å². The Morgan fingerprint density at radius 3 is 2.09 bits per heavy atom. The lowest BCUT2D eigenvalue weighted by Gasteiger charge is -2.26. The number of hydrogen-bond donors (Lipinski definition) is 1. The molecule has 0 aromatic heterocycles. The van der Waals surface area contributed by atoms with Gasteiger partial charge >= 0.3 is 0 Å². The van der Waals surface area contributed by atoms with Gasteiger partial charge in [-0.1, -0.05) is 39.3 Å². The second kappa shape index (κ2) is 7.53. The molecule has 1 aromatic carbocycles. The number of anilines is 1. The van der Waals surface area contributed by atoms with Gasteiger partial charge in [-0.15, -0.1) is 0 Å². The molecule has 130 valence electrons. The summed E-state index contributed by atoms with van der Waals surface area (Å²) in [5.41, 5.74) is 0.752. The van der Waals surface area contributed by atoms with E-state index in [4.69, 9.17) is 11.6 Å². The van der Waals surface area contributed by atoms with Crippen molar-refractivity contribution in [3.8, 4) is 0 Å². The van der Waals surface area contributed by atoms with Crippen molar-refractivity contribution in [2.45, 2.75) is 33.7 Å². The van der Waals surface area contributed by atoms with E-state index in [0.29, 0.717) is 23.1 Å². The third-order valence-electron chi connectivity index (χ3n) is 3.79. The van der Waals surface area contributed by atoms with E-state index in [-0.39, 0.29) is 17.0 Å². The van der Waals surface area contributed by atoms with Crippen LogP contribution in [-0.2, 0) is 10.0 Å². The monoisotopic (exact) mass is 360 g/mol. The van der Waals surface area contributed by atoms with Gasteiger partial charge in [0.15, 0.2) is 0 Å². The van der Waals surface area contributed by atoms with Crippen LogP contribution < -0.4 is 9.62 Å². The lowest BCUT2D eigenvalue weighted by molar-refractivity contribution is 0.0910. The summed E-state index contributed by atoms with van der Waals surface area (Å²) in [6, 6.07) is 4.64. The van der Waals surface area contributed by atoms with Crippen LogP contribution in [0.1, 0.15) is 38.1 Å². The molecule has 0 bridgehead atoms. The standard InChI is InChI=1S/C16H25ClN2O3S/c1-10(2)15(11(3)4)18-16(20)13-8-7-12(9-14(13)17)19(5)23(6,21)22/h7-11,15H,1-6H3,(H,18,20). The van der Waals surface area contributed by atoms with E-state index in [1.165, 1.54) is 13.1 Å². The maximum atomic E-state index is 12.4. The van der Waals surface area contributed by atoms with Gasteiger partial charge in [0.2, 0.25) is 10.0 Å². The van der Waals surface area contributed by atoms with E-state index < -0.39 is 10.0 Å². The summed E-state index contributed by atoms with van der Waals surface area (Å²) < 4.78 is 24.2. The fraction of sp³-hybridized carbons (Fsp3) is 0.562. The first-order chi connectivity index (χ1) is 10.4. The second-order valence-corrected chi connectivity index (χ2v) is 8.80. The number of nitrogens with one attached hydrogen (secondary N) is 1. The molecule has 7 heteroatoms. The van der Waals surface area contributed by atoms with Crippen LogP contribution in [0.25, 0.3) is 0 Å². The maximum Gasteiger partial charge on any atom is 0.253 e. The second-order valence-electron chi connectivity index (χ2n) is 6.38. The summed E-state index contributed by atoms with van der Waals surface area (Å²) in [5.74, 6) is 0.345. The van der Waals surface area contributed by atoms with Gasteiger partial charge in [-0.2, -0.15) is 0 Å². The fourth-order valence-corrected chi connectivity index (χ4v) is 3.16. The molecule has 0 fully saturated rings. The van der Waals surface area contributed by atoms with Crippen LogP contribution in [0.2, 0.25) is 5.02 Å². The van der Waals surface area contributed by atoms with Crippen LogP contribution in [0.3, 0.4) is 0 Å². The van der Waals surface area contributed by atoms with Gasteiger partial charge in [0.05, 0.1) is 22.5 Å². The number of hydrogen-bond acceptors (Lipinski definition) is 3. The van der Waals surface area contributed by atoms with Crippen molar-refractivity contribution in [1.82, 2.24) is 5.32 Å². The number of rotatable bonds is 6. The minimum absolute atomic E-state index is 0.0388. The van der Waals surface area contributed by atoms with Crippen molar-refractivity contribution >= 4 is 33.2 Å². The number of sulfonamides is 1. The van der Waals surface area contributed by atoms with Gasteiger partial charge in [0, 0.05) is 13.1 Å². The first-order valence-electron chi connectivity index (χ1n) is 7.49. The molecule has 0 aliphatic rings. The number of carbonyl (C=O) groups excluding carboxylic acids is 1. The first kappa shape index (κ1) is 19.8. The van der Waals surface area contributed by atoms with E-state index in [0.717, 1.165) is 10.6 Å². The molecule has 0 saturated carbocycles. The highest BCUT2D eigenvalue weighted by atomic mass is 35.5. The van der Waals surface area contributed by atoms with Gasteiger partial charge in [-0.3, -0.25) is 9.10 Å². The summed E-state index contributed by atoms with van der Waals surface area (Å²) in [7, 11) is -1.93. The predicted molar refractivity (Wildman–Crippen MR) is 95.6 cm³/mol. The van der Waals surface area contributed by atoms with Gasteiger partial charge in [0.1, 0.15) is 0 Å². The number of halogens is 1. The van der Waals surface area contributed by atoms with Gasteiger partial charge < -0.3 is 5.32 Å². The molecule has 0 heterocycles. The maximum absolute atomic E-state index is 12.4. The SMILES string of the molecule is CC(C)C(NC(=O)c1ccc(N(C)S(C)(=O)=O)cc1Cl)C(C)C. The Labute approximate surface area is 144 Å². The predicted octanol–water partition coefficient (Wildman–Crippen LogP) is 3.15. The highest BCUT2D eigenvalue weighted by Crippen LogP contribution is 2.25. The zero-order valence-electron chi connectivity index (χ0n) is 14.4. The Hall–Kier alpha value is -1.27. The summed E-state index contributed by atoms with van der Waals surface area (Å²) in [5, 5.41) is 3.22.